The number of fused-ring (bicyclic) bond motifs is 1. The summed E-state index contributed by atoms with van der Waals surface area (Å²) in [5, 5.41) is 0. The van der Waals surface area contributed by atoms with Crippen LogP contribution < -0.4 is 9.47 Å². The van der Waals surface area contributed by atoms with Crippen LogP contribution in [0, 0.1) is 0 Å². The van der Waals surface area contributed by atoms with E-state index in [1.807, 2.05) is 64.4 Å². The minimum absolute atomic E-state index is 0.100. The molecule has 5 heteroatoms. The molecule has 3 aromatic heterocycles. The number of hydrogen-bond acceptors (Lipinski definition) is 4. The average molecular weight is 387 g/mol. The van der Waals surface area contributed by atoms with Crippen molar-refractivity contribution in [2.75, 3.05) is 0 Å². The first-order chi connectivity index (χ1) is 14.0. The largest absolute Gasteiger partial charge is 0.491 e. The standard InChI is InChI=1S/C24H25N3O2/c1-16(2)28-21-8-5-18(6-9-21)19-7-10-24-26-14-23(27(24)15-19)20-11-22(13-25-12-20)29-17(3)4/h5-17H,1-4H3. The van der Waals surface area contributed by atoms with Crippen molar-refractivity contribution in [2.45, 2.75) is 39.9 Å². The van der Waals surface area contributed by atoms with E-state index in [1.165, 1.54) is 0 Å². The van der Waals surface area contributed by atoms with Crippen molar-refractivity contribution in [2.24, 2.45) is 0 Å². The van der Waals surface area contributed by atoms with Gasteiger partial charge in [0.05, 0.1) is 30.3 Å². The highest BCUT2D eigenvalue weighted by atomic mass is 16.5. The third kappa shape index (κ3) is 4.24. The predicted molar refractivity (Wildman–Crippen MR) is 115 cm³/mol. The lowest BCUT2D eigenvalue weighted by molar-refractivity contribution is 0.241. The van der Waals surface area contributed by atoms with Gasteiger partial charge < -0.3 is 9.47 Å². The summed E-state index contributed by atoms with van der Waals surface area (Å²) in [6.45, 7) is 8.06. The molecule has 5 nitrogen and oxygen atoms in total. The fourth-order valence-electron chi connectivity index (χ4n) is 3.26. The first kappa shape index (κ1) is 19.0. The Kier molecular flexibility index (Phi) is 5.21. The number of ether oxygens (including phenoxy) is 2. The van der Waals surface area contributed by atoms with Crippen molar-refractivity contribution in [1.29, 1.82) is 0 Å². The molecule has 0 atom stereocenters. The van der Waals surface area contributed by atoms with Crippen LogP contribution in [0.15, 0.2) is 67.3 Å². The number of hydrogen-bond donors (Lipinski definition) is 0. The maximum Gasteiger partial charge on any atom is 0.138 e. The van der Waals surface area contributed by atoms with Crippen molar-refractivity contribution in [3.8, 4) is 33.9 Å². The summed E-state index contributed by atoms with van der Waals surface area (Å²) in [4.78, 5) is 8.88. The van der Waals surface area contributed by atoms with Gasteiger partial charge in [0.1, 0.15) is 17.1 Å². The Balaban J connectivity index is 1.70. The van der Waals surface area contributed by atoms with Gasteiger partial charge in [0.15, 0.2) is 0 Å². The van der Waals surface area contributed by atoms with E-state index < -0.39 is 0 Å². The number of imidazole rings is 1. The third-order valence-electron chi connectivity index (χ3n) is 4.45. The number of pyridine rings is 2. The SMILES string of the molecule is CC(C)Oc1ccc(-c2ccc3ncc(-c4cncc(OC(C)C)c4)n3c2)cc1. The fraction of sp³-hybridized carbons (Fsp3) is 0.250. The van der Waals surface area contributed by atoms with Crippen molar-refractivity contribution >= 4 is 5.65 Å². The van der Waals surface area contributed by atoms with Gasteiger partial charge in [0, 0.05) is 18.0 Å². The van der Waals surface area contributed by atoms with Crippen LogP contribution in [-0.4, -0.2) is 26.6 Å². The highest BCUT2D eigenvalue weighted by Crippen LogP contribution is 2.28. The fourth-order valence-corrected chi connectivity index (χ4v) is 3.26. The molecule has 0 aliphatic rings. The first-order valence-electron chi connectivity index (χ1n) is 9.86. The summed E-state index contributed by atoms with van der Waals surface area (Å²) in [6.07, 6.45) is 7.81. The molecule has 29 heavy (non-hydrogen) atoms. The van der Waals surface area contributed by atoms with Crippen LogP contribution in [0.4, 0.5) is 0 Å². The molecule has 0 saturated heterocycles. The van der Waals surface area contributed by atoms with E-state index in [1.54, 1.807) is 6.20 Å². The molecule has 148 valence electrons. The van der Waals surface area contributed by atoms with Gasteiger partial charge in [-0.05, 0) is 69.2 Å². The molecule has 3 heterocycles. The Bertz CT molecular complexity index is 1110. The van der Waals surface area contributed by atoms with Crippen LogP contribution in [0.25, 0.3) is 28.0 Å². The summed E-state index contributed by atoms with van der Waals surface area (Å²) in [7, 11) is 0. The van der Waals surface area contributed by atoms with Gasteiger partial charge in [-0.1, -0.05) is 12.1 Å². The molecule has 0 spiro atoms. The summed E-state index contributed by atoms with van der Waals surface area (Å²) >= 11 is 0. The zero-order chi connectivity index (χ0) is 20.4. The van der Waals surface area contributed by atoms with E-state index in [2.05, 4.69) is 38.8 Å². The lowest BCUT2D eigenvalue weighted by Crippen LogP contribution is -2.05. The van der Waals surface area contributed by atoms with Gasteiger partial charge in [-0.15, -0.1) is 0 Å². The Hall–Kier alpha value is -3.34. The normalized spacial score (nSPS) is 11.4. The average Bonchev–Trinajstić information content (AvgIpc) is 3.11. The summed E-state index contributed by atoms with van der Waals surface area (Å²) in [6, 6.07) is 14.3. The molecule has 0 fully saturated rings. The van der Waals surface area contributed by atoms with Crippen LogP contribution in [0.5, 0.6) is 11.5 Å². The van der Waals surface area contributed by atoms with Crippen molar-refractivity contribution in [3.05, 3.63) is 67.3 Å². The van der Waals surface area contributed by atoms with Gasteiger partial charge >= 0.3 is 0 Å². The molecule has 0 aliphatic carbocycles. The second kappa shape index (κ2) is 7.95. The molecule has 0 aliphatic heterocycles. The van der Waals surface area contributed by atoms with Crippen LogP contribution in [0.2, 0.25) is 0 Å². The van der Waals surface area contributed by atoms with E-state index in [4.69, 9.17) is 9.47 Å². The van der Waals surface area contributed by atoms with E-state index in [0.29, 0.717) is 0 Å². The van der Waals surface area contributed by atoms with Crippen molar-refractivity contribution < 1.29 is 9.47 Å². The first-order valence-corrected chi connectivity index (χ1v) is 9.86. The van der Waals surface area contributed by atoms with E-state index in [9.17, 15) is 0 Å². The van der Waals surface area contributed by atoms with Crippen molar-refractivity contribution in [1.82, 2.24) is 14.4 Å². The molecule has 4 rings (SSSR count). The predicted octanol–water partition coefficient (Wildman–Crippen LogP) is 5.64. The second-order valence-electron chi connectivity index (χ2n) is 7.56. The van der Waals surface area contributed by atoms with Gasteiger partial charge in [-0.25, -0.2) is 4.98 Å². The molecular weight excluding hydrogens is 362 g/mol. The highest BCUT2D eigenvalue weighted by molar-refractivity contribution is 5.69. The Morgan fingerprint density at radius 3 is 2.14 bits per heavy atom. The molecule has 0 unspecified atom stereocenters. The number of benzene rings is 1. The van der Waals surface area contributed by atoms with Crippen LogP contribution in [-0.2, 0) is 0 Å². The Labute approximate surface area is 171 Å². The van der Waals surface area contributed by atoms with Gasteiger partial charge in [0.2, 0.25) is 0 Å². The quantitative estimate of drug-likeness (QED) is 0.430. The lowest BCUT2D eigenvalue weighted by atomic mass is 10.1. The van der Waals surface area contributed by atoms with Gasteiger partial charge in [0.25, 0.3) is 0 Å². The minimum Gasteiger partial charge on any atom is -0.491 e. The second-order valence-corrected chi connectivity index (χ2v) is 7.56. The molecule has 0 amide bonds. The monoisotopic (exact) mass is 387 g/mol. The Morgan fingerprint density at radius 1 is 0.724 bits per heavy atom. The highest BCUT2D eigenvalue weighted by Gasteiger charge is 2.10. The molecule has 0 radical (unpaired) electrons. The number of nitrogens with zero attached hydrogens (tertiary/aromatic N) is 3. The molecular formula is C24H25N3O2. The lowest BCUT2D eigenvalue weighted by Gasteiger charge is -2.11. The van der Waals surface area contributed by atoms with E-state index in [0.717, 1.165) is 39.5 Å². The summed E-state index contributed by atoms with van der Waals surface area (Å²) < 4.78 is 13.6. The summed E-state index contributed by atoms with van der Waals surface area (Å²) in [5.41, 5.74) is 5.06. The number of aromatic nitrogens is 3. The number of rotatable bonds is 6. The Morgan fingerprint density at radius 2 is 1.41 bits per heavy atom. The molecule has 0 N–H and O–H groups in total. The van der Waals surface area contributed by atoms with Crippen molar-refractivity contribution in [3.63, 3.8) is 0 Å². The van der Waals surface area contributed by atoms with Gasteiger partial charge in [-0.3, -0.25) is 9.38 Å². The minimum atomic E-state index is 0.100. The summed E-state index contributed by atoms with van der Waals surface area (Å²) in [5.74, 6) is 1.63. The molecule has 1 aromatic carbocycles. The maximum atomic E-state index is 5.79. The maximum absolute atomic E-state index is 5.79. The smallest absolute Gasteiger partial charge is 0.138 e. The molecule has 4 aromatic rings. The third-order valence-corrected chi connectivity index (χ3v) is 4.45. The zero-order valence-corrected chi connectivity index (χ0v) is 17.2. The molecule has 0 bridgehead atoms. The van der Waals surface area contributed by atoms with Crippen LogP contribution in [0.3, 0.4) is 0 Å². The topological polar surface area (TPSA) is 48.7 Å². The molecule has 0 saturated carbocycles. The van der Waals surface area contributed by atoms with Crippen LogP contribution >= 0.6 is 0 Å². The van der Waals surface area contributed by atoms with Crippen LogP contribution in [0.1, 0.15) is 27.7 Å². The van der Waals surface area contributed by atoms with Gasteiger partial charge in [-0.2, -0.15) is 0 Å². The van der Waals surface area contributed by atoms with E-state index in [-0.39, 0.29) is 12.2 Å². The van der Waals surface area contributed by atoms with E-state index >= 15 is 0 Å². The zero-order valence-electron chi connectivity index (χ0n) is 17.2.